The Morgan fingerprint density at radius 1 is 1.12 bits per heavy atom. The Bertz CT molecular complexity index is 681. The fraction of sp³-hybridized carbons (Fsp3) is 0.421. The van der Waals surface area contributed by atoms with Crippen molar-refractivity contribution in [2.75, 3.05) is 32.7 Å². The maximum Gasteiger partial charge on any atom is 0.322 e. The Morgan fingerprint density at radius 3 is 2.50 bits per heavy atom. The molecule has 3 rings (SSSR count). The zero-order chi connectivity index (χ0) is 18.4. The van der Waals surface area contributed by atoms with Crippen molar-refractivity contribution in [1.82, 2.24) is 20.4 Å². The van der Waals surface area contributed by atoms with Gasteiger partial charge < -0.3 is 10.2 Å². The normalized spacial score (nSPS) is 21.1. The average Bonchev–Trinajstić information content (AvgIpc) is 2.98. The highest BCUT2D eigenvalue weighted by Gasteiger charge is 2.30. The van der Waals surface area contributed by atoms with Crippen LogP contribution in [-0.2, 0) is 9.59 Å². The van der Waals surface area contributed by atoms with Crippen LogP contribution in [0.15, 0.2) is 36.4 Å². The molecule has 0 aromatic heterocycles. The highest BCUT2D eigenvalue weighted by Crippen LogP contribution is 2.09. The molecule has 0 radical (unpaired) electrons. The van der Waals surface area contributed by atoms with Crippen molar-refractivity contribution in [2.45, 2.75) is 18.9 Å². The lowest BCUT2D eigenvalue weighted by molar-refractivity contribution is -0.133. The number of nitrogens with one attached hydrogen (secondary N) is 2. The molecule has 0 spiro atoms. The Labute approximate surface area is 153 Å². The van der Waals surface area contributed by atoms with Crippen molar-refractivity contribution in [2.24, 2.45) is 0 Å². The summed E-state index contributed by atoms with van der Waals surface area (Å²) in [6.45, 7) is 3.94. The number of piperazine rings is 1. The van der Waals surface area contributed by atoms with Crippen molar-refractivity contribution in [3.63, 3.8) is 0 Å². The smallest absolute Gasteiger partial charge is 0.322 e. The summed E-state index contributed by atoms with van der Waals surface area (Å²) in [5, 5.41) is 4.70. The van der Waals surface area contributed by atoms with Gasteiger partial charge in [0.1, 0.15) is 6.04 Å². The molecule has 4 amide bonds. The number of carbonyl (C=O) groups excluding carboxylic acids is 3. The molecule has 138 valence electrons. The van der Waals surface area contributed by atoms with Crippen LogP contribution in [-0.4, -0.2) is 66.4 Å². The third-order valence-corrected chi connectivity index (χ3v) is 4.70. The zero-order valence-corrected chi connectivity index (χ0v) is 14.7. The lowest BCUT2D eigenvalue weighted by Gasteiger charge is -2.34. The first-order valence-electron chi connectivity index (χ1n) is 8.95. The van der Waals surface area contributed by atoms with E-state index in [1.54, 1.807) is 0 Å². The van der Waals surface area contributed by atoms with E-state index in [2.05, 4.69) is 39.8 Å². The van der Waals surface area contributed by atoms with Crippen LogP contribution in [0.2, 0.25) is 0 Å². The van der Waals surface area contributed by atoms with E-state index < -0.39 is 12.1 Å². The Kier molecular flexibility index (Phi) is 6.01. The van der Waals surface area contributed by atoms with Crippen LogP contribution in [0.4, 0.5) is 4.79 Å². The van der Waals surface area contributed by atoms with Gasteiger partial charge in [0.15, 0.2) is 0 Å². The third-order valence-electron chi connectivity index (χ3n) is 4.70. The van der Waals surface area contributed by atoms with Crippen LogP contribution in [0, 0.1) is 0 Å². The second kappa shape index (κ2) is 8.62. The predicted molar refractivity (Wildman–Crippen MR) is 98.2 cm³/mol. The van der Waals surface area contributed by atoms with Gasteiger partial charge in [0.05, 0.1) is 0 Å². The molecule has 2 saturated heterocycles. The monoisotopic (exact) mass is 356 g/mol. The number of rotatable bonds is 6. The van der Waals surface area contributed by atoms with Gasteiger partial charge in [-0.3, -0.25) is 19.8 Å². The average molecular weight is 356 g/mol. The van der Waals surface area contributed by atoms with Gasteiger partial charge in [0, 0.05) is 39.1 Å². The fourth-order valence-corrected chi connectivity index (χ4v) is 3.17. The first-order chi connectivity index (χ1) is 12.6. The lowest BCUT2D eigenvalue weighted by atomic mass is 10.1. The van der Waals surface area contributed by atoms with E-state index in [0.717, 1.165) is 19.6 Å². The van der Waals surface area contributed by atoms with E-state index in [0.29, 0.717) is 19.5 Å². The summed E-state index contributed by atoms with van der Waals surface area (Å²) in [4.78, 5) is 39.0. The van der Waals surface area contributed by atoms with Gasteiger partial charge in [-0.1, -0.05) is 42.5 Å². The minimum absolute atomic E-state index is 0.0402. The van der Waals surface area contributed by atoms with Crippen LogP contribution in [0.5, 0.6) is 0 Å². The van der Waals surface area contributed by atoms with E-state index in [4.69, 9.17) is 0 Å². The molecule has 2 N–H and O–H groups in total. The summed E-state index contributed by atoms with van der Waals surface area (Å²) < 4.78 is 0. The molecule has 0 saturated carbocycles. The second-order valence-electron chi connectivity index (χ2n) is 6.55. The van der Waals surface area contributed by atoms with Crippen LogP contribution >= 0.6 is 0 Å². The summed E-state index contributed by atoms with van der Waals surface area (Å²) in [6.07, 6.45) is 4.87. The maximum absolute atomic E-state index is 12.3. The Balaban J connectivity index is 1.36. The van der Waals surface area contributed by atoms with Crippen molar-refractivity contribution in [1.29, 1.82) is 0 Å². The van der Waals surface area contributed by atoms with Crippen molar-refractivity contribution >= 4 is 23.9 Å². The molecule has 2 aliphatic heterocycles. The van der Waals surface area contributed by atoms with E-state index >= 15 is 0 Å². The Hall–Kier alpha value is -2.67. The van der Waals surface area contributed by atoms with Crippen LogP contribution < -0.4 is 10.6 Å². The first-order valence-corrected chi connectivity index (χ1v) is 8.95. The number of urea groups is 1. The van der Waals surface area contributed by atoms with Crippen LogP contribution in [0.25, 0.3) is 6.08 Å². The lowest BCUT2D eigenvalue weighted by Crippen LogP contribution is -2.48. The van der Waals surface area contributed by atoms with Crippen molar-refractivity contribution < 1.29 is 14.4 Å². The highest BCUT2D eigenvalue weighted by molar-refractivity contribution is 6.04. The number of carbonyl (C=O) groups is 3. The van der Waals surface area contributed by atoms with Crippen molar-refractivity contribution in [3.05, 3.63) is 42.0 Å². The summed E-state index contributed by atoms with van der Waals surface area (Å²) in [7, 11) is 0. The van der Waals surface area contributed by atoms with Gasteiger partial charge in [-0.25, -0.2) is 4.79 Å². The van der Waals surface area contributed by atoms with Gasteiger partial charge in [0.25, 0.3) is 5.91 Å². The van der Waals surface area contributed by atoms with Crippen molar-refractivity contribution in [3.8, 4) is 0 Å². The van der Waals surface area contributed by atoms with Crippen LogP contribution in [0.3, 0.4) is 0 Å². The molecule has 7 nitrogen and oxygen atoms in total. The third kappa shape index (κ3) is 4.92. The van der Waals surface area contributed by atoms with Crippen LogP contribution in [0.1, 0.15) is 18.4 Å². The molecule has 0 bridgehead atoms. The second-order valence-corrected chi connectivity index (χ2v) is 6.55. The molecule has 0 aliphatic carbocycles. The molecule has 7 heteroatoms. The highest BCUT2D eigenvalue weighted by atomic mass is 16.2. The summed E-state index contributed by atoms with van der Waals surface area (Å²) in [5.41, 5.74) is 1.18. The largest absolute Gasteiger partial charge is 0.340 e. The number of nitrogens with zero attached hydrogens (tertiary/aromatic N) is 2. The van der Waals surface area contributed by atoms with Gasteiger partial charge in [0.2, 0.25) is 5.91 Å². The Morgan fingerprint density at radius 2 is 1.85 bits per heavy atom. The molecule has 1 aromatic rings. The number of amides is 4. The quantitative estimate of drug-likeness (QED) is 0.740. The van der Waals surface area contributed by atoms with Gasteiger partial charge in [-0.05, 0) is 12.0 Å². The van der Waals surface area contributed by atoms with E-state index in [1.807, 2.05) is 23.1 Å². The molecule has 26 heavy (non-hydrogen) atoms. The maximum atomic E-state index is 12.3. The van der Waals surface area contributed by atoms with Gasteiger partial charge in [-0.15, -0.1) is 0 Å². The van der Waals surface area contributed by atoms with Gasteiger partial charge in [-0.2, -0.15) is 0 Å². The number of benzene rings is 1. The van der Waals surface area contributed by atoms with E-state index in [-0.39, 0.29) is 18.2 Å². The molecule has 1 atom stereocenters. The number of hydrogen-bond donors (Lipinski definition) is 2. The number of imide groups is 1. The number of hydrogen-bond acceptors (Lipinski definition) is 4. The summed E-state index contributed by atoms with van der Waals surface area (Å²) in [6, 6.07) is 9.11. The zero-order valence-electron chi connectivity index (χ0n) is 14.7. The topological polar surface area (TPSA) is 81.8 Å². The molecule has 2 aliphatic rings. The molecule has 0 unspecified atom stereocenters. The minimum atomic E-state index is -0.587. The molecular weight excluding hydrogens is 332 g/mol. The molecular formula is C19H24N4O3. The van der Waals surface area contributed by atoms with E-state index in [1.165, 1.54) is 5.56 Å². The summed E-state index contributed by atoms with van der Waals surface area (Å²) in [5.74, 6) is -0.309. The predicted octanol–water partition coefficient (Wildman–Crippen LogP) is 0.832. The fourth-order valence-electron chi connectivity index (χ4n) is 3.17. The standard InChI is InChI=1S/C19H24N4O3/c24-17(9-8-16-18(25)21-19(26)20-16)23-13-11-22(12-14-23)10-4-7-15-5-2-1-3-6-15/h1-7,16H,8-14H2,(H2,20,21,25,26)/b7-4+/t16-/m0/s1. The molecule has 1 aromatic carbocycles. The minimum Gasteiger partial charge on any atom is -0.340 e. The van der Waals surface area contributed by atoms with Gasteiger partial charge >= 0.3 is 6.03 Å². The first kappa shape index (κ1) is 18.1. The molecule has 2 fully saturated rings. The summed E-state index contributed by atoms with van der Waals surface area (Å²) >= 11 is 0. The molecule has 2 heterocycles. The SMILES string of the molecule is O=C1NC(=O)[C@H](CCC(=O)N2CCN(C/C=C/c3ccccc3)CC2)N1. The van der Waals surface area contributed by atoms with E-state index in [9.17, 15) is 14.4 Å².